The van der Waals surface area contributed by atoms with Crippen molar-refractivity contribution in [2.24, 2.45) is 5.73 Å². The fraction of sp³-hybridized carbons (Fsp3) is 0.500. The molecule has 4 nitrogen and oxygen atoms in total. The molecule has 0 saturated carbocycles. The van der Waals surface area contributed by atoms with Gasteiger partial charge in [0, 0.05) is 0 Å². The van der Waals surface area contributed by atoms with Crippen molar-refractivity contribution in [3.63, 3.8) is 0 Å². The predicted molar refractivity (Wildman–Crippen MR) is 72.5 cm³/mol. The van der Waals surface area contributed by atoms with Crippen LogP contribution in [0.15, 0.2) is 30.3 Å². The number of piperidine rings is 1. The van der Waals surface area contributed by atoms with E-state index in [4.69, 9.17) is 10.8 Å². The maximum Gasteiger partial charge on any atom is 0.320 e. The summed E-state index contributed by atoms with van der Waals surface area (Å²) in [5, 5.41) is 11.8. The van der Waals surface area contributed by atoms with E-state index in [0.717, 1.165) is 5.56 Å². The molecule has 18 heavy (non-hydrogen) atoms. The highest BCUT2D eigenvalue weighted by Crippen LogP contribution is 2.01. The van der Waals surface area contributed by atoms with E-state index < -0.39 is 12.0 Å². The Labute approximate surface area is 108 Å². The van der Waals surface area contributed by atoms with Gasteiger partial charge in [-0.3, -0.25) is 4.79 Å². The van der Waals surface area contributed by atoms with E-state index in [0.29, 0.717) is 6.42 Å². The minimum atomic E-state index is -0.959. The third kappa shape index (κ3) is 6.37. The van der Waals surface area contributed by atoms with Crippen LogP contribution in [0.4, 0.5) is 0 Å². The number of carbonyl (C=O) groups is 1. The highest BCUT2D eigenvalue weighted by molar-refractivity contribution is 5.73. The van der Waals surface area contributed by atoms with Crippen LogP contribution in [0.1, 0.15) is 24.8 Å². The van der Waals surface area contributed by atoms with E-state index in [9.17, 15) is 4.79 Å². The highest BCUT2D eigenvalue weighted by Gasteiger charge is 2.10. The lowest BCUT2D eigenvalue weighted by atomic mass is 10.1. The van der Waals surface area contributed by atoms with Crippen LogP contribution >= 0.6 is 0 Å². The molecule has 4 N–H and O–H groups in total. The smallest absolute Gasteiger partial charge is 0.320 e. The Morgan fingerprint density at radius 1 is 1.22 bits per heavy atom. The molecule has 1 heterocycles. The monoisotopic (exact) mass is 250 g/mol. The van der Waals surface area contributed by atoms with E-state index in [1.807, 2.05) is 30.3 Å². The van der Waals surface area contributed by atoms with Gasteiger partial charge in [-0.1, -0.05) is 36.8 Å². The Balaban J connectivity index is 0.000000225. The maximum absolute atomic E-state index is 10.4. The first-order valence-corrected chi connectivity index (χ1v) is 6.43. The molecule has 0 amide bonds. The first kappa shape index (κ1) is 14.7. The summed E-state index contributed by atoms with van der Waals surface area (Å²) in [5.41, 5.74) is 6.30. The topological polar surface area (TPSA) is 75.3 Å². The third-order valence-corrected chi connectivity index (χ3v) is 2.82. The van der Waals surface area contributed by atoms with Gasteiger partial charge in [-0.2, -0.15) is 0 Å². The summed E-state index contributed by atoms with van der Waals surface area (Å²) in [4.78, 5) is 10.4. The van der Waals surface area contributed by atoms with Gasteiger partial charge in [-0.15, -0.1) is 0 Å². The Hall–Kier alpha value is -1.39. The number of rotatable bonds is 3. The van der Waals surface area contributed by atoms with E-state index in [1.165, 1.54) is 32.4 Å². The molecular weight excluding hydrogens is 228 g/mol. The molecule has 0 bridgehead atoms. The van der Waals surface area contributed by atoms with Gasteiger partial charge >= 0.3 is 5.97 Å². The van der Waals surface area contributed by atoms with Gasteiger partial charge in [0.2, 0.25) is 0 Å². The molecule has 0 radical (unpaired) electrons. The molecular formula is C14H22N2O2. The quantitative estimate of drug-likeness (QED) is 0.758. The summed E-state index contributed by atoms with van der Waals surface area (Å²) >= 11 is 0. The average molecular weight is 250 g/mol. The molecule has 1 fully saturated rings. The van der Waals surface area contributed by atoms with Crippen LogP contribution in [0.2, 0.25) is 0 Å². The first-order chi connectivity index (χ1) is 8.70. The van der Waals surface area contributed by atoms with Crippen molar-refractivity contribution in [1.82, 2.24) is 5.32 Å². The predicted octanol–water partition coefficient (Wildman–Crippen LogP) is 1.40. The van der Waals surface area contributed by atoms with E-state index >= 15 is 0 Å². The van der Waals surface area contributed by atoms with Crippen LogP contribution in [0.25, 0.3) is 0 Å². The third-order valence-electron chi connectivity index (χ3n) is 2.82. The Morgan fingerprint density at radius 3 is 2.22 bits per heavy atom. The Kier molecular flexibility index (Phi) is 7.06. The lowest BCUT2D eigenvalue weighted by Crippen LogP contribution is -2.32. The molecule has 0 spiro atoms. The molecule has 0 aliphatic carbocycles. The van der Waals surface area contributed by atoms with Crippen molar-refractivity contribution in [3.8, 4) is 0 Å². The van der Waals surface area contributed by atoms with Gasteiger partial charge in [-0.05, 0) is 37.9 Å². The van der Waals surface area contributed by atoms with Gasteiger partial charge in [-0.25, -0.2) is 0 Å². The minimum Gasteiger partial charge on any atom is -0.480 e. The number of benzene rings is 1. The summed E-state index contributed by atoms with van der Waals surface area (Å²) < 4.78 is 0. The maximum atomic E-state index is 10.4. The standard InChI is InChI=1S/C9H11NO2.C5H11N/c10-8(9(11)12)6-7-4-2-1-3-5-7;1-2-4-6-5-3-1/h1-5,8H,6,10H2,(H,11,12);6H,1-5H2. The normalized spacial score (nSPS) is 16.3. The molecule has 1 atom stereocenters. The summed E-state index contributed by atoms with van der Waals surface area (Å²) in [6.45, 7) is 2.50. The summed E-state index contributed by atoms with van der Waals surface area (Å²) in [6, 6.07) is 8.54. The zero-order valence-electron chi connectivity index (χ0n) is 10.6. The largest absolute Gasteiger partial charge is 0.480 e. The second-order valence-corrected chi connectivity index (χ2v) is 4.45. The summed E-state index contributed by atoms with van der Waals surface area (Å²) in [7, 11) is 0. The molecule has 4 heteroatoms. The summed E-state index contributed by atoms with van der Waals surface area (Å²) in [5.74, 6) is -0.959. The van der Waals surface area contributed by atoms with Crippen molar-refractivity contribution < 1.29 is 9.90 Å². The van der Waals surface area contributed by atoms with E-state index in [2.05, 4.69) is 5.32 Å². The number of carboxylic acid groups (broad SMARTS) is 1. The molecule has 2 rings (SSSR count). The SMILES string of the molecule is C1CCNCC1.NC(Cc1ccccc1)C(=O)O. The van der Waals surface area contributed by atoms with Crippen LogP contribution in [0.5, 0.6) is 0 Å². The minimum absolute atomic E-state index is 0.385. The van der Waals surface area contributed by atoms with E-state index in [1.54, 1.807) is 0 Å². The van der Waals surface area contributed by atoms with Gasteiger partial charge in [0.15, 0.2) is 0 Å². The second-order valence-electron chi connectivity index (χ2n) is 4.45. The highest BCUT2D eigenvalue weighted by atomic mass is 16.4. The number of carboxylic acids is 1. The van der Waals surface area contributed by atoms with Crippen molar-refractivity contribution in [2.75, 3.05) is 13.1 Å². The molecule has 1 unspecified atom stereocenters. The van der Waals surface area contributed by atoms with Crippen LogP contribution in [0.3, 0.4) is 0 Å². The molecule has 1 aromatic rings. The molecule has 1 saturated heterocycles. The number of hydrogen-bond acceptors (Lipinski definition) is 3. The number of nitrogens with one attached hydrogen (secondary N) is 1. The van der Waals surface area contributed by atoms with Gasteiger partial charge in [0.25, 0.3) is 0 Å². The average Bonchev–Trinajstić information content (AvgIpc) is 2.42. The van der Waals surface area contributed by atoms with Crippen molar-refractivity contribution in [1.29, 1.82) is 0 Å². The Bertz CT molecular complexity index is 325. The lowest BCUT2D eigenvalue weighted by Gasteiger charge is -2.08. The number of aliphatic carboxylic acids is 1. The molecule has 1 aliphatic heterocycles. The van der Waals surface area contributed by atoms with Crippen LogP contribution in [-0.2, 0) is 11.2 Å². The van der Waals surface area contributed by atoms with E-state index in [-0.39, 0.29) is 0 Å². The van der Waals surface area contributed by atoms with Crippen LogP contribution in [0, 0.1) is 0 Å². The van der Waals surface area contributed by atoms with Crippen molar-refractivity contribution in [3.05, 3.63) is 35.9 Å². The fourth-order valence-electron chi connectivity index (χ4n) is 1.76. The van der Waals surface area contributed by atoms with Crippen molar-refractivity contribution >= 4 is 5.97 Å². The Morgan fingerprint density at radius 2 is 1.83 bits per heavy atom. The zero-order valence-corrected chi connectivity index (χ0v) is 10.6. The zero-order chi connectivity index (χ0) is 13.2. The number of hydrogen-bond donors (Lipinski definition) is 3. The molecule has 100 valence electrons. The molecule has 0 aromatic heterocycles. The van der Waals surface area contributed by atoms with Crippen LogP contribution < -0.4 is 11.1 Å². The lowest BCUT2D eigenvalue weighted by molar-refractivity contribution is -0.138. The number of nitrogens with two attached hydrogens (primary N) is 1. The van der Waals surface area contributed by atoms with Gasteiger partial charge < -0.3 is 16.2 Å². The molecule has 1 aliphatic rings. The van der Waals surface area contributed by atoms with Gasteiger partial charge in [0.05, 0.1) is 0 Å². The second kappa shape index (κ2) is 8.66. The molecule has 1 aromatic carbocycles. The van der Waals surface area contributed by atoms with Crippen LogP contribution in [-0.4, -0.2) is 30.2 Å². The van der Waals surface area contributed by atoms with Gasteiger partial charge in [0.1, 0.15) is 6.04 Å². The first-order valence-electron chi connectivity index (χ1n) is 6.43. The fourth-order valence-corrected chi connectivity index (χ4v) is 1.76. The van der Waals surface area contributed by atoms with Crippen molar-refractivity contribution in [2.45, 2.75) is 31.7 Å². The summed E-state index contributed by atoms with van der Waals surface area (Å²) in [6.07, 6.45) is 4.60.